The molecule has 2 rings (SSSR count). The molecule has 1 heterocycles. The number of amides is 1. The molecule has 0 bridgehead atoms. The predicted molar refractivity (Wildman–Crippen MR) is 92.4 cm³/mol. The molecule has 4 nitrogen and oxygen atoms in total. The Kier molecular flexibility index (Phi) is 5.03. The normalized spacial score (nSPS) is 20.4. The van der Waals surface area contributed by atoms with Crippen LogP contribution in [-0.2, 0) is 4.79 Å². The van der Waals surface area contributed by atoms with Crippen LogP contribution in [-0.4, -0.2) is 29.6 Å². The molecule has 0 aliphatic carbocycles. The molecule has 122 valence electrons. The van der Waals surface area contributed by atoms with E-state index in [9.17, 15) is 4.79 Å². The van der Waals surface area contributed by atoms with Gasteiger partial charge in [0.25, 0.3) is 0 Å². The first-order valence-electron chi connectivity index (χ1n) is 7.73. The largest absolute Gasteiger partial charge is 0.376 e. The van der Waals surface area contributed by atoms with Crippen LogP contribution in [0.25, 0.3) is 0 Å². The van der Waals surface area contributed by atoms with Gasteiger partial charge in [0, 0.05) is 27.8 Å². The summed E-state index contributed by atoms with van der Waals surface area (Å²) >= 11 is 5.84. The molecular formula is C17H26ClN3O. The second-order valence-electron chi connectivity index (χ2n) is 7.43. The van der Waals surface area contributed by atoms with E-state index in [0.717, 1.165) is 18.5 Å². The van der Waals surface area contributed by atoms with Crippen molar-refractivity contribution in [1.82, 2.24) is 10.6 Å². The van der Waals surface area contributed by atoms with E-state index < -0.39 is 0 Å². The Hall–Kier alpha value is -1.26. The third-order valence-electron chi connectivity index (χ3n) is 3.85. The van der Waals surface area contributed by atoms with Gasteiger partial charge < -0.3 is 16.0 Å². The number of anilines is 1. The van der Waals surface area contributed by atoms with Crippen LogP contribution in [0, 0.1) is 0 Å². The number of carbonyl (C=O) groups is 1. The van der Waals surface area contributed by atoms with Crippen molar-refractivity contribution >= 4 is 23.2 Å². The number of piperidine rings is 1. The standard InChI is InChI=1S/C17H26ClN3O/c1-16(2)9-14(10-17(3,4)21-16)20-15(22)11-19-13-7-5-12(18)6-8-13/h5-8,14,19,21H,9-11H2,1-4H3,(H,20,22). The van der Waals surface area contributed by atoms with E-state index in [1.165, 1.54) is 0 Å². The molecule has 1 saturated heterocycles. The molecule has 0 atom stereocenters. The average molecular weight is 324 g/mol. The van der Waals surface area contributed by atoms with Gasteiger partial charge in [-0.25, -0.2) is 0 Å². The summed E-state index contributed by atoms with van der Waals surface area (Å²) in [5, 5.41) is 10.6. The van der Waals surface area contributed by atoms with Crippen LogP contribution < -0.4 is 16.0 Å². The Labute approximate surface area is 138 Å². The Bertz CT molecular complexity index is 509. The highest BCUT2D eigenvalue weighted by atomic mass is 35.5. The summed E-state index contributed by atoms with van der Waals surface area (Å²) in [6.07, 6.45) is 1.87. The maximum Gasteiger partial charge on any atom is 0.239 e. The Morgan fingerprint density at radius 1 is 1.18 bits per heavy atom. The molecular weight excluding hydrogens is 298 g/mol. The van der Waals surface area contributed by atoms with Crippen LogP contribution >= 0.6 is 11.6 Å². The molecule has 1 aliphatic rings. The lowest BCUT2D eigenvalue weighted by Crippen LogP contribution is -2.62. The van der Waals surface area contributed by atoms with Crippen molar-refractivity contribution in [1.29, 1.82) is 0 Å². The monoisotopic (exact) mass is 323 g/mol. The fourth-order valence-corrected chi connectivity index (χ4v) is 3.58. The lowest BCUT2D eigenvalue weighted by Gasteiger charge is -2.46. The molecule has 1 amide bonds. The summed E-state index contributed by atoms with van der Waals surface area (Å²) in [5.41, 5.74) is 0.956. The molecule has 0 spiro atoms. The van der Waals surface area contributed by atoms with Crippen LogP contribution in [0.4, 0.5) is 5.69 Å². The molecule has 1 aromatic carbocycles. The summed E-state index contributed by atoms with van der Waals surface area (Å²) in [6, 6.07) is 7.55. The van der Waals surface area contributed by atoms with Crippen LogP contribution in [0.1, 0.15) is 40.5 Å². The number of benzene rings is 1. The van der Waals surface area contributed by atoms with Gasteiger partial charge in [0.1, 0.15) is 0 Å². The highest BCUT2D eigenvalue weighted by Crippen LogP contribution is 2.28. The maximum absolute atomic E-state index is 12.2. The van der Waals surface area contributed by atoms with Gasteiger partial charge in [0.05, 0.1) is 6.54 Å². The van der Waals surface area contributed by atoms with Crippen molar-refractivity contribution in [3.63, 3.8) is 0 Å². The smallest absolute Gasteiger partial charge is 0.239 e. The molecule has 1 fully saturated rings. The number of carbonyl (C=O) groups excluding carboxylic acids is 1. The van der Waals surface area contributed by atoms with Gasteiger partial charge in [0.15, 0.2) is 0 Å². The maximum atomic E-state index is 12.2. The zero-order valence-corrected chi connectivity index (χ0v) is 14.6. The van der Waals surface area contributed by atoms with Gasteiger partial charge in [-0.15, -0.1) is 0 Å². The SMILES string of the molecule is CC1(C)CC(NC(=O)CNc2ccc(Cl)cc2)CC(C)(C)N1. The van der Waals surface area contributed by atoms with Crippen molar-refractivity contribution in [2.45, 2.75) is 57.7 Å². The number of rotatable bonds is 4. The summed E-state index contributed by atoms with van der Waals surface area (Å²) in [4.78, 5) is 12.2. The lowest BCUT2D eigenvalue weighted by atomic mass is 9.79. The minimum atomic E-state index is 0.0217. The number of nitrogens with one attached hydrogen (secondary N) is 3. The van der Waals surface area contributed by atoms with Crippen LogP contribution in [0.15, 0.2) is 24.3 Å². The van der Waals surface area contributed by atoms with E-state index >= 15 is 0 Å². The van der Waals surface area contributed by atoms with Crippen molar-refractivity contribution in [2.75, 3.05) is 11.9 Å². The fraction of sp³-hybridized carbons (Fsp3) is 0.588. The van der Waals surface area contributed by atoms with E-state index in [0.29, 0.717) is 5.02 Å². The summed E-state index contributed by atoms with van der Waals surface area (Å²) in [6.45, 7) is 8.99. The predicted octanol–water partition coefficient (Wildman–Crippen LogP) is 3.18. The van der Waals surface area contributed by atoms with Gasteiger partial charge in [-0.05, 0) is 64.8 Å². The van der Waals surface area contributed by atoms with E-state index in [1.54, 1.807) is 12.1 Å². The third kappa shape index (κ3) is 5.18. The first-order valence-corrected chi connectivity index (χ1v) is 8.11. The average Bonchev–Trinajstić information content (AvgIpc) is 2.34. The number of halogens is 1. The number of hydrogen-bond acceptors (Lipinski definition) is 3. The topological polar surface area (TPSA) is 53.2 Å². The Morgan fingerprint density at radius 2 is 1.73 bits per heavy atom. The van der Waals surface area contributed by atoms with Gasteiger partial charge >= 0.3 is 0 Å². The van der Waals surface area contributed by atoms with Crippen LogP contribution in [0.3, 0.4) is 0 Å². The van der Waals surface area contributed by atoms with E-state index in [4.69, 9.17) is 11.6 Å². The molecule has 22 heavy (non-hydrogen) atoms. The Balaban J connectivity index is 1.85. The Morgan fingerprint density at radius 3 is 2.27 bits per heavy atom. The second kappa shape index (κ2) is 6.47. The molecule has 3 N–H and O–H groups in total. The van der Waals surface area contributed by atoms with Gasteiger partial charge in [-0.3, -0.25) is 4.79 Å². The molecule has 0 aromatic heterocycles. The molecule has 5 heteroatoms. The number of hydrogen-bond donors (Lipinski definition) is 3. The van der Waals surface area contributed by atoms with Gasteiger partial charge in [0.2, 0.25) is 5.91 Å². The summed E-state index contributed by atoms with van der Waals surface area (Å²) in [5.74, 6) is 0.0217. The van der Waals surface area contributed by atoms with E-state index in [1.807, 2.05) is 12.1 Å². The van der Waals surface area contributed by atoms with Gasteiger partial charge in [-0.2, -0.15) is 0 Å². The van der Waals surface area contributed by atoms with Crippen molar-refractivity contribution in [3.05, 3.63) is 29.3 Å². The summed E-state index contributed by atoms with van der Waals surface area (Å²) < 4.78 is 0. The van der Waals surface area contributed by atoms with Crippen molar-refractivity contribution in [3.8, 4) is 0 Å². The zero-order chi connectivity index (χ0) is 16.4. The highest BCUT2D eigenvalue weighted by Gasteiger charge is 2.38. The quantitative estimate of drug-likeness (QED) is 0.797. The zero-order valence-electron chi connectivity index (χ0n) is 13.8. The van der Waals surface area contributed by atoms with Gasteiger partial charge in [-0.1, -0.05) is 11.6 Å². The lowest BCUT2D eigenvalue weighted by molar-refractivity contribution is -0.120. The first-order chi connectivity index (χ1) is 10.2. The van der Waals surface area contributed by atoms with Crippen LogP contribution in [0.5, 0.6) is 0 Å². The first kappa shape index (κ1) is 17.1. The molecule has 0 unspecified atom stereocenters. The van der Waals surface area contributed by atoms with Crippen molar-refractivity contribution in [2.24, 2.45) is 0 Å². The molecule has 0 radical (unpaired) electrons. The minimum absolute atomic E-state index is 0.0217. The summed E-state index contributed by atoms with van der Waals surface area (Å²) in [7, 11) is 0. The molecule has 1 aliphatic heterocycles. The minimum Gasteiger partial charge on any atom is -0.376 e. The van der Waals surface area contributed by atoms with E-state index in [2.05, 4.69) is 43.6 Å². The highest BCUT2D eigenvalue weighted by molar-refractivity contribution is 6.30. The van der Waals surface area contributed by atoms with E-state index in [-0.39, 0.29) is 29.6 Å². The third-order valence-corrected chi connectivity index (χ3v) is 4.10. The molecule has 0 saturated carbocycles. The van der Waals surface area contributed by atoms with Crippen molar-refractivity contribution < 1.29 is 4.79 Å². The fourth-order valence-electron chi connectivity index (χ4n) is 3.45. The second-order valence-corrected chi connectivity index (χ2v) is 7.86. The van der Waals surface area contributed by atoms with Crippen LogP contribution in [0.2, 0.25) is 5.02 Å². The molecule has 1 aromatic rings.